The van der Waals surface area contributed by atoms with Gasteiger partial charge in [-0.25, -0.2) is 0 Å². The lowest BCUT2D eigenvalue weighted by Crippen LogP contribution is -1.66. The standard InChI is InChI=1S/C8H4ClIS/c9-5-1-2-8-6(3-5)7(10)4-11-8/h1-4H. The first kappa shape index (κ1) is 7.83. The lowest BCUT2D eigenvalue weighted by Gasteiger charge is -1.90. The Bertz CT molecular complexity index is 394. The molecular weight excluding hydrogens is 291 g/mol. The summed E-state index contributed by atoms with van der Waals surface area (Å²) >= 11 is 9.93. The van der Waals surface area contributed by atoms with Crippen LogP contribution in [0.1, 0.15) is 0 Å². The van der Waals surface area contributed by atoms with Crippen molar-refractivity contribution in [1.82, 2.24) is 0 Å². The highest BCUT2D eigenvalue weighted by Crippen LogP contribution is 2.29. The summed E-state index contributed by atoms with van der Waals surface area (Å²) in [5.41, 5.74) is 0. The van der Waals surface area contributed by atoms with Crippen LogP contribution >= 0.6 is 45.5 Å². The van der Waals surface area contributed by atoms with Gasteiger partial charge in [-0.05, 0) is 40.8 Å². The number of fused-ring (bicyclic) bond motifs is 1. The Hall–Kier alpha value is 0.200. The molecule has 0 aliphatic rings. The monoisotopic (exact) mass is 294 g/mol. The van der Waals surface area contributed by atoms with Gasteiger partial charge in [-0.1, -0.05) is 11.6 Å². The van der Waals surface area contributed by atoms with E-state index in [0.29, 0.717) is 0 Å². The molecule has 0 fully saturated rings. The van der Waals surface area contributed by atoms with E-state index in [2.05, 4.69) is 34.0 Å². The average molecular weight is 295 g/mol. The topological polar surface area (TPSA) is 0 Å². The molecule has 0 bridgehead atoms. The van der Waals surface area contributed by atoms with Gasteiger partial charge in [0.05, 0.1) is 0 Å². The van der Waals surface area contributed by atoms with Crippen molar-refractivity contribution in [3.8, 4) is 0 Å². The smallest absolute Gasteiger partial charge is 0.0413 e. The first-order valence-corrected chi connectivity index (χ1v) is 5.43. The summed E-state index contributed by atoms with van der Waals surface area (Å²) in [4.78, 5) is 0. The summed E-state index contributed by atoms with van der Waals surface area (Å²) in [7, 11) is 0. The molecule has 0 atom stereocenters. The molecule has 0 radical (unpaired) electrons. The van der Waals surface area contributed by atoms with Crippen molar-refractivity contribution in [2.45, 2.75) is 0 Å². The molecule has 0 N–H and O–H groups in total. The Morgan fingerprint density at radius 3 is 3.00 bits per heavy atom. The maximum Gasteiger partial charge on any atom is 0.0413 e. The summed E-state index contributed by atoms with van der Waals surface area (Å²) in [6.07, 6.45) is 0. The van der Waals surface area contributed by atoms with Crippen molar-refractivity contribution in [2.24, 2.45) is 0 Å². The number of benzene rings is 1. The molecule has 0 aliphatic heterocycles. The van der Waals surface area contributed by atoms with Gasteiger partial charge in [0, 0.05) is 24.1 Å². The zero-order valence-electron chi connectivity index (χ0n) is 5.47. The minimum absolute atomic E-state index is 0.814. The van der Waals surface area contributed by atoms with E-state index in [0.717, 1.165) is 5.02 Å². The molecule has 0 spiro atoms. The lowest BCUT2D eigenvalue weighted by molar-refractivity contribution is 1.82. The Morgan fingerprint density at radius 2 is 2.18 bits per heavy atom. The van der Waals surface area contributed by atoms with Crippen LogP contribution in [0.4, 0.5) is 0 Å². The fourth-order valence-corrected chi connectivity index (χ4v) is 2.95. The SMILES string of the molecule is Clc1ccc2scc(I)c2c1. The minimum atomic E-state index is 0.814. The highest BCUT2D eigenvalue weighted by molar-refractivity contribution is 14.1. The second-order valence-corrected chi connectivity index (χ2v) is 4.73. The van der Waals surface area contributed by atoms with Gasteiger partial charge < -0.3 is 0 Å². The van der Waals surface area contributed by atoms with Gasteiger partial charge in [-0.2, -0.15) is 0 Å². The Morgan fingerprint density at radius 1 is 1.36 bits per heavy atom. The molecule has 56 valence electrons. The van der Waals surface area contributed by atoms with Crippen LogP contribution in [0.3, 0.4) is 0 Å². The summed E-state index contributed by atoms with van der Waals surface area (Å²) in [6, 6.07) is 6.00. The van der Waals surface area contributed by atoms with Gasteiger partial charge in [-0.15, -0.1) is 11.3 Å². The summed E-state index contributed by atoms with van der Waals surface area (Å²) in [5.74, 6) is 0. The van der Waals surface area contributed by atoms with E-state index in [1.54, 1.807) is 11.3 Å². The van der Waals surface area contributed by atoms with Gasteiger partial charge in [0.25, 0.3) is 0 Å². The van der Waals surface area contributed by atoms with Crippen molar-refractivity contribution in [3.05, 3.63) is 32.2 Å². The van der Waals surface area contributed by atoms with Crippen LogP contribution < -0.4 is 0 Å². The maximum absolute atomic E-state index is 5.85. The lowest BCUT2D eigenvalue weighted by atomic mass is 10.3. The van der Waals surface area contributed by atoms with Crippen LogP contribution in [0.25, 0.3) is 10.1 Å². The summed E-state index contributed by atoms with van der Waals surface area (Å²) in [5, 5.41) is 4.22. The molecule has 0 amide bonds. The van der Waals surface area contributed by atoms with Gasteiger partial charge in [-0.3, -0.25) is 0 Å². The van der Waals surface area contributed by atoms with E-state index >= 15 is 0 Å². The average Bonchev–Trinajstić information content (AvgIpc) is 2.33. The van der Waals surface area contributed by atoms with E-state index in [1.165, 1.54) is 13.7 Å². The Labute approximate surface area is 87.3 Å². The van der Waals surface area contributed by atoms with E-state index in [9.17, 15) is 0 Å². The third-order valence-corrected chi connectivity index (χ3v) is 4.00. The number of hydrogen-bond acceptors (Lipinski definition) is 1. The molecule has 3 heteroatoms. The molecule has 0 saturated heterocycles. The predicted molar refractivity (Wildman–Crippen MR) is 59.6 cm³/mol. The van der Waals surface area contributed by atoms with Crippen LogP contribution in [-0.2, 0) is 0 Å². The molecule has 0 unspecified atom stereocenters. The number of halogens is 2. The van der Waals surface area contributed by atoms with E-state index in [4.69, 9.17) is 11.6 Å². The summed E-state index contributed by atoms with van der Waals surface area (Å²) in [6.45, 7) is 0. The number of thiophene rings is 1. The quantitative estimate of drug-likeness (QED) is 0.640. The third-order valence-electron chi connectivity index (χ3n) is 1.49. The largest absolute Gasteiger partial charge is 0.143 e. The van der Waals surface area contributed by atoms with Crippen LogP contribution in [-0.4, -0.2) is 0 Å². The molecule has 0 saturated carbocycles. The molecule has 0 nitrogen and oxygen atoms in total. The Kier molecular flexibility index (Phi) is 2.08. The van der Waals surface area contributed by atoms with Gasteiger partial charge in [0.1, 0.15) is 0 Å². The molecule has 1 heterocycles. The van der Waals surface area contributed by atoms with Crippen LogP contribution in [0.2, 0.25) is 5.02 Å². The predicted octanol–water partition coefficient (Wildman–Crippen LogP) is 4.16. The van der Waals surface area contributed by atoms with Crippen molar-refractivity contribution >= 4 is 55.6 Å². The third kappa shape index (κ3) is 1.39. The van der Waals surface area contributed by atoms with Gasteiger partial charge >= 0.3 is 0 Å². The van der Waals surface area contributed by atoms with Crippen molar-refractivity contribution in [1.29, 1.82) is 0 Å². The van der Waals surface area contributed by atoms with Gasteiger partial charge in [0.2, 0.25) is 0 Å². The van der Waals surface area contributed by atoms with Crippen molar-refractivity contribution < 1.29 is 0 Å². The first-order valence-electron chi connectivity index (χ1n) is 3.09. The zero-order chi connectivity index (χ0) is 7.84. The highest BCUT2D eigenvalue weighted by Gasteiger charge is 2.00. The second kappa shape index (κ2) is 2.92. The van der Waals surface area contributed by atoms with E-state index < -0.39 is 0 Å². The molecule has 1 aromatic carbocycles. The number of hydrogen-bond donors (Lipinski definition) is 0. The molecule has 2 aromatic rings. The van der Waals surface area contributed by atoms with Crippen LogP contribution in [0.5, 0.6) is 0 Å². The summed E-state index contributed by atoms with van der Waals surface area (Å²) < 4.78 is 2.59. The Balaban J connectivity index is 2.87. The van der Waals surface area contributed by atoms with E-state index in [1.807, 2.05) is 12.1 Å². The normalized spacial score (nSPS) is 10.7. The van der Waals surface area contributed by atoms with Gasteiger partial charge in [0.15, 0.2) is 0 Å². The molecule has 0 aliphatic carbocycles. The van der Waals surface area contributed by atoms with Crippen molar-refractivity contribution in [2.75, 3.05) is 0 Å². The zero-order valence-corrected chi connectivity index (χ0v) is 9.20. The fraction of sp³-hybridized carbons (Fsp3) is 0. The van der Waals surface area contributed by atoms with Crippen LogP contribution in [0, 0.1) is 3.57 Å². The maximum atomic E-state index is 5.85. The fourth-order valence-electron chi connectivity index (χ4n) is 0.970. The molecule has 11 heavy (non-hydrogen) atoms. The highest BCUT2D eigenvalue weighted by atomic mass is 127. The molecule has 1 aromatic heterocycles. The van der Waals surface area contributed by atoms with Crippen molar-refractivity contribution in [3.63, 3.8) is 0 Å². The first-order chi connectivity index (χ1) is 5.27. The van der Waals surface area contributed by atoms with Crippen LogP contribution in [0.15, 0.2) is 23.6 Å². The van der Waals surface area contributed by atoms with E-state index in [-0.39, 0.29) is 0 Å². The molecule has 2 rings (SSSR count). The molecular formula is C8H4ClIS. The number of rotatable bonds is 0. The second-order valence-electron chi connectivity index (χ2n) is 2.22. The minimum Gasteiger partial charge on any atom is -0.143 e.